The van der Waals surface area contributed by atoms with Gasteiger partial charge >= 0.3 is 12.1 Å². The summed E-state index contributed by atoms with van der Waals surface area (Å²) >= 11 is 0. The summed E-state index contributed by atoms with van der Waals surface area (Å²) < 4.78 is 10.9. The number of aromatic nitrogens is 1. The van der Waals surface area contributed by atoms with E-state index in [4.69, 9.17) is 9.47 Å². The van der Waals surface area contributed by atoms with Gasteiger partial charge in [-0.3, -0.25) is 14.9 Å². The van der Waals surface area contributed by atoms with Gasteiger partial charge in [0.15, 0.2) is 0 Å². The maximum atomic E-state index is 12.6. The molecule has 0 aliphatic carbocycles. The molecule has 0 bridgehead atoms. The highest BCUT2D eigenvalue weighted by molar-refractivity contribution is 5.89. The van der Waals surface area contributed by atoms with Gasteiger partial charge in [0.25, 0.3) is 0 Å². The largest absolute Gasteiger partial charge is 0.449 e. The van der Waals surface area contributed by atoms with E-state index in [1.807, 2.05) is 25.1 Å². The Morgan fingerprint density at radius 3 is 2.55 bits per heavy atom. The Bertz CT molecular complexity index is 1000. The second-order valence-electron chi connectivity index (χ2n) is 7.87. The van der Waals surface area contributed by atoms with Crippen LogP contribution in [0.1, 0.15) is 45.6 Å². The molecule has 9 nitrogen and oxygen atoms in total. The van der Waals surface area contributed by atoms with Gasteiger partial charge in [0.2, 0.25) is 5.91 Å². The molecule has 2 amide bonds. The number of hydrogen-bond donors (Lipinski definition) is 2. The molecule has 2 N–H and O–H groups in total. The molecule has 1 aromatic heterocycles. The van der Waals surface area contributed by atoms with Gasteiger partial charge in [-0.05, 0) is 49.9 Å². The minimum atomic E-state index is -0.670. The summed E-state index contributed by atoms with van der Waals surface area (Å²) in [5, 5.41) is 5.11. The molecule has 2 heterocycles. The molecule has 2 atom stereocenters. The second kappa shape index (κ2) is 10.8. The van der Waals surface area contributed by atoms with Gasteiger partial charge in [-0.15, -0.1) is 0 Å². The average molecular weight is 455 g/mol. The van der Waals surface area contributed by atoms with E-state index in [-0.39, 0.29) is 30.2 Å². The van der Waals surface area contributed by atoms with E-state index in [1.165, 1.54) is 13.1 Å². The van der Waals surface area contributed by atoms with E-state index >= 15 is 0 Å². The lowest BCUT2D eigenvalue weighted by atomic mass is 9.83. The first kappa shape index (κ1) is 24.0. The quantitative estimate of drug-likeness (QED) is 0.455. The number of amides is 2. The maximum absolute atomic E-state index is 12.6. The van der Waals surface area contributed by atoms with Crippen LogP contribution in [0.15, 0.2) is 36.5 Å². The Labute approximate surface area is 193 Å². The zero-order chi connectivity index (χ0) is 24.0. The summed E-state index contributed by atoms with van der Waals surface area (Å²) in [6, 6.07) is 9.15. The molecule has 0 saturated heterocycles. The molecular formula is C24H30N4O5. The van der Waals surface area contributed by atoms with Gasteiger partial charge in [-0.1, -0.05) is 13.0 Å². The van der Waals surface area contributed by atoms with Gasteiger partial charge in [0, 0.05) is 31.8 Å². The Kier molecular flexibility index (Phi) is 7.87. The number of benzene rings is 1. The minimum absolute atomic E-state index is 0.0540. The van der Waals surface area contributed by atoms with Crippen LogP contribution < -0.4 is 20.3 Å². The highest BCUT2D eigenvalue weighted by atomic mass is 16.6. The molecular weight excluding hydrogens is 424 g/mol. The van der Waals surface area contributed by atoms with Crippen molar-refractivity contribution in [3.05, 3.63) is 42.1 Å². The smallest absolute Gasteiger partial charge is 0.412 e. The molecule has 0 fully saturated rings. The van der Waals surface area contributed by atoms with Crippen molar-refractivity contribution in [2.45, 2.75) is 40.0 Å². The van der Waals surface area contributed by atoms with Gasteiger partial charge < -0.3 is 19.7 Å². The van der Waals surface area contributed by atoms with Crippen LogP contribution in [0.25, 0.3) is 0 Å². The van der Waals surface area contributed by atoms with Crippen molar-refractivity contribution < 1.29 is 23.9 Å². The first-order valence-electron chi connectivity index (χ1n) is 11.1. The summed E-state index contributed by atoms with van der Waals surface area (Å²) in [4.78, 5) is 42.0. The molecule has 176 valence electrons. The van der Waals surface area contributed by atoms with E-state index in [0.29, 0.717) is 17.9 Å². The van der Waals surface area contributed by atoms with Crippen LogP contribution in [0.3, 0.4) is 0 Å². The number of nitrogens with zero attached hydrogens (tertiary/aromatic N) is 2. The number of carbonyl (C=O) groups is 3. The number of ether oxygens (including phenoxy) is 2. The van der Waals surface area contributed by atoms with E-state index in [9.17, 15) is 14.4 Å². The summed E-state index contributed by atoms with van der Waals surface area (Å²) in [5.74, 6) is -0.0929. The number of esters is 1. The van der Waals surface area contributed by atoms with Crippen LogP contribution in [0.4, 0.5) is 22.0 Å². The predicted octanol–water partition coefficient (Wildman–Crippen LogP) is 4.16. The molecule has 3 rings (SSSR count). The average Bonchev–Trinajstić information content (AvgIpc) is 2.77. The van der Waals surface area contributed by atoms with Crippen molar-refractivity contribution in [3.63, 3.8) is 0 Å². The molecule has 33 heavy (non-hydrogen) atoms. The van der Waals surface area contributed by atoms with E-state index in [0.717, 1.165) is 24.3 Å². The molecule has 0 radical (unpaired) electrons. The van der Waals surface area contributed by atoms with Crippen LogP contribution in [0.5, 0.6) is 5.75 Å². The number of pyridine rings is 1. The molecule has 1 aliphatic heterocycles. The Morgan fingerprint density at radius 2 is 1.91 bits per heavy atom. The lowest BCUT2D eigenvalue weighted by molar-refractivity contribution is -0.141. The van der Waals surface area contributed by atoms with Gasteiger partial charge in [0.1, 0.15) is 11.6 Å². The predicted molar refractivity (Wildman–Crippen MR) is 126 cm³/mol. The van der Waals surface area contributed by atoms with Gasteiger partial charge in [0.05, 0.1) is 24.4 Å². The standard InChI is InChI=1S/C24H30N4O5/c1-5-28(6-2)18-8-9-19-15(3)20(23(30)33-21(19)13-18)11-12-32-24(31)27-22-10-7-17(14-25-22)26-16(4)29/h7-10,13-15,20H,5-6,11-12H2,1-4H3,(H,26,29)(H,25,27,31). The minimum Gasteiger partial charge on any atom is -0.449 e. The molecule has 2 aromatic rings. The maximum Gasteiger partial charge on any atom is 0.412 e. The molecule has 1 aliphatic rings. The number of rotatable bonds is 8. The molecule has 2 unspecified atom stereocenters. The fraction of sp³-hybridized carbons (Fsp3) is 0.417. The lowest BCUT2D eigenvalue weighted by Gasteiger charge is -2.31. The third-order valence-corrected chi connectivity index (χ3v) is 5.71. The molecule has 0 saturated carbocycles. The van der Waals surface area contributed by atoms with Gasteiger partial charge in [-0.2, -0.15) is 0 Å². The van der Waals surface area contributed by atoms with Crippen LogP contribution in [0.2, 0.25) is 0 Å². The Balaban J connectivity index is 1.54. The Hall–Kier alpha value is -3.62. The number of nitrogens with one attached hydrogen (secondary N) is 2. The van der Waals surface area contributed by atoms with Crippen LogP contribution in [-0.4, -0.2) is 42.7 Å². The highest BCUT2D eigenvalue weighted by Crippen LogP contribution is 2.40. The fourth-order valence-electron chi connectivity index (χ4n) is 3.91. The van der Waals surface area contributed by atoms with Crippen LogP contribution >= 0.6 is 0 Å². The normalized spacial score (nSPS) is 16.9. The number of carbonyl (C=O) groups excluding carboxylic acids is 3. The Morgan fingerprint density at radius 1 is 1.15 bits per heavy atom. The molecule has 1 aromatic carbocycles. The topological polar surface area (TPSA) is 110 Å². The lowest BCUT2D eigenvalue weighted by Crippen LogP contribution is -2.32. The monoisotopic (exact) mass is 454 g/mol. The van der Waals surface area contributed by atoms with E-state index in [1.54, 1.807) is 12.1 Å². The summed E-state index contributed by atoms with van der Waals surface area (Å²) in [6.07, 6.45) is 1.11. The first-order valence-corrected chi connectivity index (χ1v) is 11.1. The molecule has 0 spiro atoms. The summed E-state index contributed by atoms with van der Waals surface area (Å²) in [6.45, 7) is 9.36. The first-order chi connectivity index (χ1) is 15.8. The summed E-state index contributed by atoms with van der Waals surface area (Å²) in [7, 11) is 0. The third kappa shape index (κ3) is 6.00. The third-order valence-electron chi connectivity index (χ3n) is 5.71. The van der Waals surface area contributed by atoms with Crippen molar-refractivity contribution in [3.8, 4) is 5.75 Å². The van der Waals surface area contributed by atoms with Crippen LogP contribution in [-0.2, 0) is 14.3 Å². The van der Waals surface area contributed by atoms with Crippen LogP contribution in [0, 0.1) is 5.92 Å². The zero-order valence-corrected chi connectivity index (χ0v) is 19.4. The van der Waals surface area contributed by atoms with Crippen molar-refractivity contribution >= 4 is 35.2 Å². The van der Waals surface area contributed by atoms with Crippen molar-refractivity contribution in [1.29, 1.82) is 0 Å². The fourth-order valence-corrected chi connectivity index (χ4v) is 3.91. The molecule has 9 heteroatoms. The number of anilines is 3. The van der Waals surface area contributed by atoms with Gasteiger partial charge in [-0.25, -0.2) is 9.78 Å². The number of fused-ring (bicyclic) bond motifs is 1. The number of hydrogen-bond acceptors (Lipinski definition) is 7. The summed E-state index contributed by atoms with van der Waals surface area (Å²) in [5.41, 5.74) is 2.52. The van der Waals surface area contributed by atoms with Crippen molar-refractivity contribution in [2.24, 2.45) is 5.92 Å². The SMILES string of the molecule is CCN(CC)c1ccc2c(c1)OC(=O)C(CCOC(=O)Nc1ccc(NC(C)=O)cn1)C2C. The van der Waals surface area contributed by atoms with Crippen molar-refractivity contribution in [1.82, 2.24) is 4.98 Å². The van der Waals surface area contributed by atoms with E-state index in [2.05, 4.69) is 34.4 Å². The van der Waals surface area contributed by atoms with E-state index < -0.39 is 12.0 Å². The zero-order valence-electron chi connectivity index (χ0n) is 19.4. The highest BCUT2D eigenvalue weighted by Gasteiger charge is 2.35. The van der Waals surface area contributed by atoms with Crippen molar-refractivity contribution in [2.75, 3.05) is 35.2 Å². The second-order valence-corrected chi connectivity index (χ2v) is 7.87.